The van der Waals surface area contributed by atoms with E-state index < -0.39 is 34.6 Å². The molecule has 5 nitrogen and oxygen atoms in total. The smallest absolute Gasteiger partial charge is 0.268 e. The Balaban J connectivity index is 1.87. The Labute approximate surface area is 176 Å². The molecule has 8 heteroatoms. The number of alkyl halides is 1. The van der Waals surface area contributed by atoms with Gasteiger partial charge in [-0.05, 0) is 62.3 Å². The number of carbonyl (C=O) groups excluding carboxylic acids is 1. The number of halogens is 3. The maximum atomic E-state index is 15.0. The molecule has 31 heavy (non-hydrogen) atoms. The fourth-order valence-electron chi connectivity index (χ4n) is 4.74. The summed E-state index contributed by atoms with van der Waals surface area (Å²) in [6.45, 7) is 2.97. The van der Waals surface area contributed by atoms with Gasteiger partial charge in [0.2, 0.25) is 0 Å². The van der Waals surface area contributed by atoms with Crippen molar-refractivity contribution in [1.29, 1.82) is 0 Å². The van der Waals surface area contributed by atoms with E-state index in [1.54, 1.807) is 6.07 Å². The van der Waals surface area contributed by atoms with Gasteiger partial charge in [-0.1, -0.05) is 6.07 Å². The lowest BCUT2D eigenvalue weighted by Gasteiger charge is -2.39. The first-order chi connectivity index (χ1) is 14.6. The highest BCUT2D eigenvalue weighted by Crippen LogP contribution is 2.49. The van der Waals surface area contributed by atoms with Crippen molar-refractivity contribution in [3.05, 3.63) is 74.8 Å². The van der Waals surface area contributed by atoms with E-state index in [0.717, 1.165) is 6.07 Å². The van der Waals surface area contributed by atoms with Crippen LogP contribution in [0.25, 0.3) is 10.9 Å². The average molecular weight is 429 g/mol. The molecule has 4 rings (SSSR count). The highest BCUT2D eigenvalue weighted by atomic mass is 19.2. The van der Waals surface area contributed by atoms with Gasteiger partial charge < -0.3 is 10.7 Å². The minimum Gasteiger partial charge on any atom is -0.364 e. The Hall–Kier alpha value is -3.16. The topological polar surface area (TPSA) is 88.8 Å². The van der Waals surface area contributed by atoms with E-state index in [9.17, 15) is 22.8 Å². The zero-order valence-corrected chi connectivity index (χ0v) is 17.1. The summed E-state index contributed by atoms with van der Waals surface area (Å²) in [6, 6.07) is 5.46. The predicted octanol–water partition coefficient (Wildman–Crippen LogP) is 4.39. The van der Waals surface area contributed by atoms with Gasteiger partial charge in [0.1, 0.15) is 11.4 Å². The summed E-state index contributed by atoms with van der Waals surface area (Å²) in [7, 11) is 0. The quantitative estimate of drug-likeness (QED) is 0.647. The van der Waals surface area contributed by atoms with Crippen molar-refractivity contribution in [2.24, 2.45) is 5.73 Å². The van der Waals surface area contributed by atoms with Crippen LogP contribution in [0.4, 0.5) is 13.2 Å². The van der Waals surface area contributed by atoms with E-state index in [1.807, 2.05) is 0 Å². The van der Waals surface area contributed by atoms with Gasteiger partial charge in [0.05, 0.1) is 10.9 Å². The third-order valence-corrected chi connectivity index (χ3v) is 6.28. The van der Waals surface area contributed by atoms with E-state index in [4.69, 9.17) is 5.73 Å². The van der Waals surface area contributed by atoms with E-state index in [-0.39, 0.29) is 35.4 Å². The summed E-state index contributed by atoms with van der Waals surface area (Å²) >= 11 is 0. The average Bonchev–Trinajstić information content (AvgIpc) is 2.71. The number of fused-ring (bicyclic) bond motifs is 1. The molecule has 0 spiro atoms. The first-order valence-electron chi connectivity index (χ1n) is 10.0. The molecule has 0 unspecified atom stereocenters. The van der Waals surface area contributed by atoms with Gasteiger partial charge in [0.25, 0.3) is 5.91 Å². The maximum absolute atomic E-state index is 15.0. The lowest BCUT2D eigenvalue weighted by Crippen LogP contribution is -2.32. The van der Waals surface area contributed by atoms with Gasteiger partial charge in [0.15, 0.2) is 17.1 Å². The molecule has 0 aliphatic heterocycles. The van der Waals surface area contributed by atoms with Crippen molar-refractivity contribution in [2.45, 2.75) is 50.6 Å². The Kier molecular flexibility index (Phi) is 5.11. The third-order valence-electron chi connectivity index (χ3n) is 6.28. The fraction of sp³-hybridized carbons (Fsp3) is 0.348. The van der Waals surface area contributed by atoms with E-state index >= 15 is 0 Å². The van der Waals surface area contributed by atoms with Crippen molar-refractivity contribution in [1.82, 2.24) is 9.97 Å². The number of H-pyrrole nitrogens is 1. The number of aromatic amines is 1. The molecule has 0 bridgehead atoms. The zero-order valence-electron chi connectivity index (χ0n) is 17.1. The number of hydrogen-bond acceptors (Lipinski definition) is 3. The van der Waals surface area contributed by atoms with Gasteiger partial charge in [-0.15, -0.1) is 0 Å². The largest absolute Gasteiger partial charge is 0.364 e. The SMILES string of the molecule is Cc1c([C@@H]2C[C@](C)(F)CC[C@H]2c2cc(=O)c3c(C(N)=O)nccc3[nH]2)ccc(F)c1F. The lowest BCUT2D eigenvalue weighted by atomic mass is 9.68. The van der Waals surface area contributed by atoms with Crippen LogP contribution in [0, 0.1) is 18.6 Å². The number of nitrogens with two attached hydrogens (primary N) is 1. The van der Waals surface area contributed by atoms with Crippen LogP contribution >= 0.6 is 0 Å². The number of nitrogens with one attached hydrogen (secondary N) is 1. The normalized spacial score (nSPS) is 23.8. The van der Waals surface area contributed by atoms with Gasteiger partial charge >= 0.3 is 0 Å². The molecule has 162 valence electrons. The first-order valence-corrected chi connectivity index (χ1v) is 10.0. The molecule has 0 saturated heterocycles. The number of benzene rings is 1. The Morgan fingerprint density at radius 1 is 1.26 bits per heavy atom. The number of primary amides is 1. The van der Waals surface area contributed by atoms with Crippen molar-refractivity contribution in [3.63, 3.8) is 0 Å². The third kappa shape index (κ3) is 3.71. The molecule has 1 aromatic carbocycles. The van der Waals surface area contributed by atoms with E-state index in [1.165, 1.54) is 32.2 Å². The lowest BCUT2D eigenvalue weighted by molar-refractivity contribution is 0.0996. The molecular weight excluding hydrogens is 407 g/mol. The number of nitrogens with zero attached hydrogens (tertiary/aromatic N) is 1. The van der Waals surface area contributed by atoms with Crippen molar-refractivity contribution < 1.29 is 18.0 Å². The molecule has 2 heterocycles. The van der Waals surface area contributed by atoms with Gasteiger partial charge in [-0.2, -0.15) is 0 Å². The van der Waals surface area contributed by atoms with Gasteiger partial charge in [-0.3, -0.25) is 14.6 Å². The molecule has 1 aliphatic rings. The molecular formula is C23H22F3N3O2. The van der Waals surface area contributed by atoms with E-state index in [2.05, 4.69) is 9.97 Å². The summed E-state index contributed by atoms with van der Waals surface area (Å²) in [5, 5.41) is 0.0884. The van der Waals surface area contributed by atoms with E-state index in [0.29, 0.717) is 23.2 Å². The summed E-state index contributed by atoms with van der Waals surface area (Å²) in [4.78, 5) is 31.6. The van der Waals surface area contributed by atoms with Crippen LogP contribution in [0.1, 0.15) is 65.3 Å². The van der Waals surface area contributed by atoms with Crippen LogP contribution in [-0.2, 0) is 0 Å². The number of aromatic nitrogens is 2. The van der Waals surface area contributed by atoms with Crippen molar-refractivity contribution in [2.75, 3.05) is 0 Å². The highest BCUT2D eigenvalue weighted by Gasteiger charge is 2.40. The van der Waals surface area contributed by atoms with Gasteiger partial charge in [0, 0.05) is 23.9 Å². The Morgan fingerprint density at radius 2 is 2.00 bits per heavy atom. The summed E-state index contributed by atoms with van der Waals surface area (Å²) in [5.41, 5.74) is 4.89. The number of pyridine rings is 2. The Bertz CT molecular complexity index is 1250. The molecule has 1 amide bonds. The summed E-state index contributed by atoms with van der Waals surface area (Å²) < 4.78 is 43.0. The van der Waals surface area contributed by atoms with Crippen LogP contribution < -0.4 is 11.2 Å². The minimum absolute atomic E-state index is 0.0884. The second kappa shape index (κ2) is 7.51. The van der Waals surface area contributed by atoms with Crippen LogP contribution in [0.3, 0.4) is 0 Å². The van der Waals surface area contributed by atoms with Crippen molar-refractivity contribution in [3.8, 4) is 0 Å². The summed E-state index contributed by atoms with van der Waals surface area (Å²) in [5.74, 6) is -3.52. The molecule has 3 N–H and O–H groups in total. The van der Waals surface area contributed by atoms with Crippen LogP contribution in [0.15, 0.2) is 35.3 Å². The monoisotopic (exact) mass is 429 g/mol. The molecule has 1 fully saturated rings. The first kappa shape index (κ1) is 21.1. The molecule has 1 saturated carbocycles. The highest BCUT2D eigenvalue weighted by molar-refractivity contribution is 6.03. The molecule has 2 aromatic heterocycles. The second-order valence-electron chi connectivity index (χ2n) is 8.48. The van der Waals surface area contributed by atoms with Gasteiger partial charge in [-0.25, -0.2) is 13.2 Å². The number of amides is 1. The van der Waals surface area contributed by atoms with Crippen LogP contribution in [-0.4, -0.2) is 21.5 Å². The number of hydrogen-bond donors (Lipinski definition) is 2. The van der Waals surface area contributed by atoms with Crippen LogP contribution in [0.2, 0.25) is 0 Å². The van der Waals surface area contributed by atoms with Crippen molar-refractivity contribution >= 4 is 16.8 Å². The summed E-state index contributed by atoms with van der Waals surface area (Å²) in [6.07, 6.45) is 2.15. The second-order valence-corrected chi connectivity index (χ2v) is 8.48. The molecule has 0 radical (unpaired) electrons. The number of carbonyl (C=O) groups is 1. The maximum Gasteiger partial charge on any atom is 0.268 e. The molecule has 3 atom stereocenters. The minimum atomic E-state index is -1.47. The number of rotatable bonds is 3. The van der Waals surface area contributed by atoms with Crippen LogP contribution in [0.5, 0.6) is 0 Å². The molecule has 3 aromatic rings. The predicted molar refractivity (Wildman–Crippen MR) is 111 cm³/mol. The zero-order chi connectivity index (χ0) is 22.5. The standard InChI is InChI=1S/C23H22F3N3O2/c1-11-12(3-4-15(24)20(11)25)14-10-23(2,26)7-5-13(14)17-9-18(30)19-16(29-17)6-8-28-21(19)22(27)31/h3-4,6,8-9,13-14H,5,7,10H2,1-2H3,(H2,27,31)(H,29,30)/t13-,14+,23-/m1/s1. The Morgan fingerprint density at radius 3 is 2.71 bits per heavy atom. The fourth-order valence-corrected chi connectivity index (χ4v) is 4.74. The molecule has 1 aliphatic carbocycles.